The fourth-order valence-electron chi connectivity index (χ4n) is 1.93. The largest absolute Gasteiger partial charge is 0.306 e. The summed E-state index contributed by atoms with van der Waals surface area (Å²) in [6.07, 6.45) is 4.32. The van der Waals surface area contributed by atoms with E-state index in [1.807, 2.05) is 11.3 Å². The van der Waals surface area contributed by atoms with Gasteiger partial charge < -0.3 is 5.32 Å². The zero-order chi connectivity index (χ0) is 13.7. The van der Waals surface area contributed by atoms with Crippen LogP contribution in [0.5, 0.6) is 0 Å². The van der Waals surface area contributed by atoms with E-state index >= 15 is 0 Å². The van der Waals surface area contributed by atoms with Crippen LogP contribution in [0.1, 0.15) is 48.7 Å². The molecule has 4 heteroatoms. The Balaban J connectivity index is 1.80. The Morgan fingerprint density at radius 2 is 2.00 bits per heavy atom. The first-order valence-corrected chi connectivity index (χ1v) is 7.87. The molecule has 0 aliphatic rings. The summed E-state index contributed by atoms with van der Waals surface area (Å²) in [5.74, 6) is 0. The van der Waals surface area contributed by atoms with E-state index in [1.165, 1.54) is 9.75 Å². The van der Waals surface area contributed by atoms with Gasteiger partial charge in [-0.3, -0.25) is 4.68 Å². The van der Waals surface area contributed by atoms with Crippen LogP contribution in [-0.4, -0.2) is 9.78 Å². The van der Waals surface area contributed by atoms with Crippen LogP contribution >= 0.6 is 11.3 Å². The molecule has 1 unspecified atom stereocenters. The van der Waals surface area contributed by atoms with Crippen LogP contribution in [0, 0.1) is 0 Å². The first kappa shape index (κ1) is 14.3. The highest BCUT2D eigenvalue weighted by molar-refractivity contribution is 7.11. The number of aryl methyl sites for hydroxylation is 1. The Labute approximate surface area is 119 Å². The van der Waals surface area contributed by atoms with Gasteiger partial charge in [0, 0.05) is 35.1 Å². The molecule has 1 atom stereocenters. The van der Waals surface area contributed by atoms with Gasteiger partial charge in [0.1, 0.15) is 0 Å². The van der Waals surface area contributed by atoms with Crippen molar-refractivity contribution >= 4 is 11.3 Å². The third kappa shape index (κ3) is 3.91. The van der Waals surface area contributed by atoms with Gasteiger partial charge in [-0.05, 0) is 38.0 Å². The molecule has 2 rings (SSSR count). The molecular weight excluding hydrogens is 254 g/mol. The van der Waals surface area contributed by atoms with Crippen molar-refractivity contribution in [3.8, 4) is 0 Å². The predicted molar refractivity (Wildman–Crippen MR) is 81.5 cm³/mol. The summed E-state index contributed by atoms with van der Waals surface area (Å²) in [7, 11) is 0. The first-order valence-electron chi connectivity index (χ1n) is 7.05. The van der Waals surface area contributed by atoms with E-state index in [0.29, 0.717) is 6.04 Å². The van der Waals surface area contributed by atoms with Gasteiger partial charge in [0.05, 0.1) is 5.69 Å². The predicted octanol–water partition coefficient (Wildman–Crippen LogP) is 3.77. The lowest BCUT2D eigenvalue weighted by molar-refractivity contribution is 0.471. The smallest absolute Gasteiger partial charge is 0.0762 e. The highest BCUT2D eigenvalue weighted by Gasteiger charge is 2.04. The second kappa shape index (κ2) is 6.87. The van der Waals surface area contributed by atoms with E-state index in [1.54, 1.807) is 0 Å². The normalized spacial score (nSPS) is 12.8. The van der Waals surface area contributed by atoms with Crippen LogP contribution < -0.4 is 5.32 Å². The number of nitrogens with zero attached hydrogens (tertiary/aromatic N) is 2. The number of hydrogen-bond acceptors (Lipinski definition) is 3. The van der Waals surface area contributed by atoms with Gasteiger partial charge in [0.2, 0.25) is 0 Å². The first-order chi connectivity index (χ1) is 9.22. The van der Waals surface area contributed by atoms with Crippen molar-refractivity contribution < 1.29 is 0 Å². The van der Waals surface area contributed by atoms with Crippen LogP contribution in [-0.2, 0) is 19.5 Å². The van der Waals surface area contributed by atoms with Crippen molar-refractivity contribution in [1.82, 2.24) is 15.1 Å². The molecule has 0 spiro atoms. The molecule has 0 amide bonds. The van der Waals surface area contributed by atoms with E-state index in [9.17, 15) is 0 Å². The summed E-state index contributed by atoms with van der Waals surface area (Å²) in [6, 6.07) is 7.02. The molecule has 3 nitrogen and oxygen atoms in total. The SMILES string of the molecule is CCc1ccc(CNCc2ccn(C(C)CC)n2)s1. The molecule has 0 radical (unpaired) electrons. The van der Waals surface area contributed by atoms with E-state index in [0.717, 1.165) is 31.6 Å². The Hall–Kier alpha value is -1.13. The van der Waals surface area contributed by atoms with Gasteiger partial charge in [-0.25, -0.2) is 0 Å². The van der Waals surface area contributed by atoms with E-state index in [2.05, 4.69) is 60.3 Å². The highest BCUT2D eigenvalue weighted by atomic mass is 32.1. The van der Waals surface area contributed by atoms with Crippen molar-refractivity contribution in [2.75, 3.05) is 0 Å². The summed E-state index contributed by atoms with van der Waals surface area (Å²) in [4.78, 5) is 2.86. The number of nitrogens with one attached hydrogen (secondary N) is 1. The molecule has 2 heterocycles. The highest BCUT2D eigenvalue weighted by Crippen LogP contribution is 2.16. The van der Waals surface area contributed by atoms with Crippen molar-refractivity contribution in [2.45, 2.75) is 52.7 Å². The average Bonchev–Trinajstić information content (AvgIpc) is 3.07. The molecule has 104 valence electrons. The number of aromatic nitrogens is 2. The minimum absolute atomic E-state index is 0.484. The summed E-state index contributed by atoms with van der Waals surface area (Å²) >= 11 is 1.89. The topological polar surface area (TPSA) is 29.9 Å². The Bertz CT molecular complexity index is 501. The van der Waals surface area contributed by atoms with Gasteiger partial charge >= 0.3 is 0 Å². The summed E-state index contributed by atoms with van der Waals surface area (Å²) < 4.78 is 2.05. The number of hydrogen-bond donors (Lipinski definition) is 1. The second-order valence-electron chi connectivity index (χ2n) is 4.87. The van der Waals surface area contributed by atoms with Gasteiger partial charge in [-0.2, -0.15) is 5.10 Å². The minimum Gasteiger partial charge on any atom is -0.306 e. The maximum atomic E-state index is 4.59. The Morgan fingerprint density at radius 1 is 1.21 bits per heavy atom. The van der Waals surface area contributed by atoms with Crippen LogP contribution in [0.2, 0.25) is 0 Å². The maximum absolute atomic E-state index is 4.59. The minimum atomic E-state index is 0.484. The number of rotatable bonds is 7. The molecule has 19 heavy (non-hydrogen) atoms. The molecule has 0 aromatic carbocycles. The fraction of sp³-hybridized carbons (Fsp3) is 0.533. The lowest BCUT2D eigenvalue weighted by Crippen LogP contribution is -2.13. The van der Waals surface area contributed by atoms with Gasteiger partial charge in [-0.1, -0.05) is 13.8 Å². The average molecular weight is 277 g/mol. The van der Waals surface area contributed by atoms with E-state index < -0.39 is 0 Å². The maximum Gasteiger partial charge on any atom is 0.0762 e. The Morgan fingerprint density at radius 3 is 2.68 bits per heavy atom. The van der Waals surface area contributed by atoms with Crippen LogP contribution in [0.3, 0.4) is 0 Å². The van der Waals surface area contributed by atoms with E-state index in [-0.39, 0.29) is 0 Å². The molecule has 0 aliphatic carbocycles. The quantitative estimate of drug-likeness (QED) is 0.835. The summed E-state index contributed by atoms with van der Waals surface area (Å²) in [6.45, 7) is 8.35. The second-order valence-corrected chi connectivity index (χ2v) is 6.12. The molecule has 1 N–H and O–H groups in total. The Kier molecular flexibility index (Phi) is 5.16. The third-order valence-electron chi connectivity index (χ3n) is 3.38. The zero-order valence-electron chi connectivity index (χ0n) is 12.0. The lowest BCUT2D eigenvalue weighted by Gasteiger charge is -2.08. The van der Waals surface area contributed by atoms with Crippen LogP contribution in [0.4, 0.5) is 0 Å². The summed E-state index contributed by atoms with van der Waals surface area (Å²) in [5.41, 5.74) is 1.12. The van der Waals surface area contributed by atoms with Crippen molar-refractivity contribution in [3.63, 3.8) is 0 Å². The standard InChI is InChI=1S/C15H23N3S/c1-4-12(3)18-9-8-13(17-18)10-16-11-15-7-6-14(5-2)19-15/h6-9,12,16H,4-5,10-11H2,1-3H3. The molecule has 0 bridgehead atoms. The van der Waals surface area contributed by atoms with Crippen molar-refractivity contribution in [2.24, 2.45) is 0 Å². The fourth-order valence-corrected chi connectivity index (χ4v) is 2.85. The van der Waals surface area contributed by atoms with Crippen molar-refractivity contribution in [1.29, 1.82) is 0 Å². The molecule has 2 aromatic heterocycles. The molecule has 2 aromatic rings. The van der Waals surface area contributed by atoms with Crippen molar-refractivity contribution in [3.05, 3.63) is 39.8 Å². The zero-order valence-corrected chi connectivity index (χ0v) is 12.8. The molecular formula is C15H23N3S. The van der Waals surface area contributed by atoms with E-state index in [4.69, 9.17) is 0 Å². The lowest BCUT2D eigenvalue weighted by atomic mass is 10.3. The molecule has 0 fully saturated rings. The molecule has 0 saturated carbocycles. The van der Waals surface area contributed by atoms with Gasteiger partial charge in [0.25, 0.3) is 0 Å². The third-order valence-corrected chi connectivity index (χ3v) is 4.61. The summed E-state index contributed by atoms with van der Waals surface area (Å²) in [5, 5.41) is 8.05. The molecule has 0 saturated heterocycles. The van der Waals surface area contributed by atoms with Crippen LogP contribution in [0.25, 0.3) is 0 Å². The van der Waals surface area contributed by atoms with Gasteiger partial charge in [0.15, 0.2) is 0 Å². The number of thiophene rings is 1. The van der Waals surface area contributed by atoms with Gasteiger partial charge in [-0.15, -0.1) is 11.3 Å². The molecule has 0 aliphatic heterocycles. The van der Waals surface area contributed by atoms with Crippen LogP contribution in [0.15, 0.2) is 24.4 Å². The monoisotopic (exact) mass is 277 g/mol.